The second-order valence-electron chi connectivity index (χ2n) is 7.94. The fourth-order valence-electron chi connectivity index (χ4n) is 3.16. The summed E-state index contributed by atoms with van der Waals surface area (Å²) >= 11 is 0. The maximum atomic E-state index is 13.0. The van der Waals surface area contributed by atoms with E-state index in [-0.39, 0.29) is 17.2 Å². The number of methoxy groups -OCH3 is 1. The number of benzene rings is 1. The molecule has 2 amide bonds. The summed E-state index contributed by atoms with van der Waals surface area (Å²) in [5.74, 6) is 0.782. The SMILES string of the molecule is CCCCC(=O)N1CCN(C(=O)c2cc(C(C)(C)C)ccc2OC)CC1. The zero-order valence-electron chi connectivity index (χ0n) is 16.8. The van der Waals surface area contributed by atoms with Gasteiger partial charge in [0.2, 0.25) is 5.91 Å². The van der Waals surface area contributed by atoms with Crippen LogP contribution in [0.25, 0.3) is 0 Å². The van der Waals surface area contributed by atoms with Crippen molar-refractivity contribution < 1.29 is 14.3 Å². The Hall–Kier alpha value is -2.04. The van der Waals surface area contributed by atoms with Gasteiger partial charge in [0, 0.05) is 32.6 Å². The number of carbonyl (C=O) groups excluding carboxylic acids is 2. The highest BCUT2D eigenvalue weighted by Crippen LogP contribution is 2.29. The summed E-state index contributed by atoms with van der Waals surface area (Å²) in [6.07, 6.45) is 2.55. The molecule has 0 N–H and O–H groups in total. The van der Waals surface area contributed by atoms with Crippen LogP contribution in [0.3, 0.4) is 0 Å². The standard InChI is InChI=1S/C21H32N2O3/c1-6-7-8-19(24)22-11-13-23(14-12-22)20(25)17-15-16(21(2,3)4)9-10-18(17)26-5/h9-10,15H,6-8,11-14H2,1-5H3. The van der Waals surface area contributed by atoms with Gasteiger partial charge in [-0.05, 0) is 29.5 Å². The Labute approximate surface area is 157 Å². The molecule has 26 heavy (non-hydrogen) atoms. The maximum absolute atomic E-state index is 13.0. The molecule has 1 aromatic carbocycles. The molecule has 0 atom stereocenters. The molecule has 0 bridgehead atoms. The third-order valence-electron chi connectivity index (χ3n) is 4.96. The Morgan fingerprint density at radius 2 is 1.69 bits per heavy atom. The van der Waals surface area contributed by atoms with E-state index >= 15 is 0 Å². The van der Waals surface area contributed by atoms with Crippen molar-refractivity contribution in [3.8, 4) is 5.75 Å². The lowest BCUT2D eigenvalue weighted by molar-refractivity contribution is -0.132. The molecule has 5 nitrogen and oxygen atoms in total. The van der Waals surface area contributed by atoms with E-state index in [0.717, 1.165) is 18.4 Å². The van der Waals surface area contributed by atoms with Crippen LogP contribution in [0.4, 0.5) is 0 Å². The summed E-state index contributed by atoms with van der Waals surface area (Å²) in [7, 11) is 1.59. The molecule has 1 fully saturated rings. The van der Waals surface area contributed by atoms with E-state index in [2.05, 4.69) is 27.7 Å². The van der Waals surface area contributed by atoms with E-state index in [1.54, 1.807) is 7.11 Å². The quantitative estimate of drug-likeness (QED) is 0.808. The third-order valence-corrected chi connectivity index (χ3v) is 4.96. The lowest BCUT2D eigenvalue weighted by Crippen LogP contribution is -2.50. The number of hydrogen-bond acceptors (Lipinski definition) is 3. The molecule has 0 aromatic heterocycles. The van der Waals surface area contributed by atoms with Gasteiger partial charge in [0.25, 0.3) is 5.91 Å². The number of piperazine rings is 1. The Bertz CT molecular complexity index is 641. The second kappa shape index (κ2) is 8.56. The van der Waals surface area contributed by atoms with Crippen molar-refractivity contribution in [1.29, 1.82) is 0 Å². The molecule has 0 unspecified atom stereocenters. The number of unbranched alkanes of at least 4 members (excludes halogenated alkanes) is 1. The predicted molar refractivity (Wildman–Crippen MR) is 104 cm³/mol. The minimum Gasteiger partial charge on any atom is -0.496 e. The van der Waals surface area contributed by atoms with Gasteiger partial charge in [-0.15, -0.1) is 0 Å². The molecule has 1 aliphatic heterocycles. The topological polar surface area (TPSA) is 49.9 Å². The first-order valence-electron chi connectivity index (χ1n) is 9.53. The van der Waals surface area contributed by atoms with Crippen molar-refractivity contribution >= 4 is 11.8 Å². The fraction of sp³-hybridized carbons (Fsp3) is 0.619. The lowest BCUT2D eigenvalue weighted by Gasteiger charge is -2.35. The summed E-state index contributed by atoms with van der Waals surface area (Å²) in [5, 5.41) is 0. The number of amides is 2. The Morgan fingerprint density at radius 3 is 2.23 bits per heavy atom. The third kappa shape index (κ3) is 4.77. The van der Waals surface area contributed by atoms with Crippen LogP contribution in [0.15, 0.2) is 18.2 Å². The van der Waals surface area contributed by atoms with Crippen molar-refractivity contribution in [3.05, 3.63) is 29.3 Å². The van der Waals surface area contributed by atoms with Crippen LogP contribution in [0.2, 0.25) is 0 Å². The molecule has 0 spiro atoms. The zero-order chi connectivity index (χ0) is 19.3. The Morgan fingerprint density at radius 1 is 1.08 bits per heavy atom. The van der Waals surface area contributed by atoms with Crippen molar-refractivity contribution in [3.63, 3.8) is 0 Å². The Balaban J connectivity index is 2.09. The van der Waals surface area contributed by atoms with Crippen molar-refractivity contribution in [2.45, 2.75) is 52.4 Å². The van der Waals surface area contributed by atoms with Gasteiger partial charge in [-0.1, -0.05) is 40.2 Å². The van der Waals surface area contributed by atoms with Crippen molar-refractivity contribution in [1.82, 2.24) is 9.80 Å². The normalized spacial score (nSPS) is 15.1. The average molecular weight is 360 g/mol. The van der Waals surface area contributed by atoms with Gasteiger partial charge in [-0.3, -0.25) is 9.59 Å². The molecule has 1 aliphatic rings. The summed E-state index contributed by atoms with van der Waals surface area (Å²) in [6, 6.07) is 5.83. The van der Waals surface area contributed by atoms with Gasteiger partial charge in [0.05, 0.1) is 12.7 Å². The molecular formula is C21H32N2O3. The van der Waals surface area contributed by atoms with Crippen LogP contribution in [0.5, 0.6) is 5.75 Å². The molecule has 1 saturated heterocycles. The number of rotatable bonds is 5. The second-order valence-corrected chi connectivity index (χ2v) is 7.94. The van der Waals surface area contributed by atoms with Crippen LogP contribution in [0.1, 0.15) is 62.9 Å². The molecular weight excluding hydrogens is 328 g/mol. The number of ether oxygens (including phenoxy) is 1. The molecule has 0 aliphatic carbocycles. The monoisotopic (exact) mass is 360 g/mol. The first kappa shape index (κ1) is 20.3. The van der Waals surface area contributed by atoms with Gasteiger partial charge in [0.15, 0.2) is 0 Å². The molecule has 2 rings (SSSR count). The van der Waals surface area contributed by atoms with Gasteiger partial charge >= 0.3 is 0 Å². The molecule has 0 saturated carbocycles. The van der Waals surface area contributed by atoms with Crippen LogP contribution < -0.4 is 4.74 Å². The summed E-state index contributed by atoms with van der Waals surface area (Å²) < 4.78 is 5.42. The van der Waals surface area contributed by atoms with Crippen LogP contribution in [0, 0.1) is 0 Å². The fourth-order valence-corrected chi connectivity index (χ4v) is 3.16. The lowest BCUT2D eigenvalue weighted by atomic mass is 9.86. The largest absolute Gasteiger partial charge is 0.496 e. The Kier molecular flexibility index (Phi) is 6.68. The number of hydrogen-bond donors (Lipinski definition) is 0. The zero-order valence-corrected chi connectivity index (χ0v) is 16.8. The highest BCUT2D eigenvalue weighted by Gasteiger charge is 2.27. The average Bonchev–Trinajstić information content (AvgIpc) is 2.64. The molecule has 1 heterocycles. The van der Waals surface area contributed by atoms with Crippen molar-refractivity contribution in [2.24, 2.45) is 0 Å². The molecule has 144 valence electrons. The van der Waals surface area contributed by atoms with E-state index in [1.807, 2.05) is 28.0 Å². The van der Waals surface area contributed by atoms with Gasteiger partial charge < -0.3 is 14.5 Å². The molecule has 1 aromatic rings. The predicted octanol–water partition coefficient (Wildman–Crippen LogP) is 3.47. The van der Waals surface area contributed by atoms with E-state index in [4.69, 9.17) is 4.74 Å². The van der Waals surface area contributed by atoms with Gasteiger partial charge in [-0.25, -0.2) is 0 Å². The summed E-state index contributed by atoms with van der Waals surface area (Å²) in [6.45, 7) is 10.8. The van der Waals surface area contributed by atoms with Gasteiger partial charge in [0.1, 0.15) is 5.75 Å². The first-order chi connectivity index (χ1) is 12.3. The minimum absolute atomic E-state index is 0.0198. The number of nitrogens with zero attached hydrogens (tertiary/aromatic N) is 2. The van der Waals surface area contributed by atoms with Crippen LogP contribution in [-0.4, -0.2) is 54.9 Å². The van der Waals surface area contributed by atoms with Crippen LogP contribution >= 0.6 is 0 Å². The highest BCUT2D eigenvalue weighted by molar-refractivity contribution is 5.97. The first-order valence-corrected chi connectivity index (χ1v) is 9.53. The summed E-state index contributed by atoms with van der Waals surface area (Å²) in [4.78, 5) is 28.9. The van der Waals surface area contributed by atoms with E-state index < -0.39 is 0 Å². The minimum atomic E-state index is -0.0360. The van der Waals surface area contributed by atoms with E-state index in [0.29, 0.717) is 43.9 Å². The van der Waals surface area contributed by atoms with Crippen LogP contribution in [-0.2, 0) is 10.2 Å². The van der Waals surface area contributed by atoms with E-state index in [9.17, 15) is 9.59 Å². The molecule has 5 heteroatoms. The van der Waals surface area contributed by atoms with Crippen molar-refractivity contribution in [2.75, 3.05) is 33.3 Å². The van der Waals surface area contributed by atoms with E-state index in [1.165, 1.54) is 0 Å². The highest BCUT2D eigenvalue weighted by atomic mass is 16.5. The maximum Gasteiger partial charge on any atom is 0.257 e. The summed E-state index contributed by atoms with van der Waals surface area (Å²) in [5.41, 5.74) is 1.67. The van der Waals surface area contributed by atoms with Gasteiger partial charge in [-0.2, -0.15) is 0 Å². The number of carbonyl (C=O) groups is 2. The molecule has 0 radical (unpaired) electrons. The smallest absolute Gasteiger partial charge is 0.257 e.